The molecule has 0 spiro atoms. The maximum atomic E-state index is 13.6. The zero-order valence-corrected chi connectivity index (χ0v) is 21.3. The molecule has 0 saturated carbocycles. The van der Waals surface area contributed by atoms with E-state index in [1.165, 1.54) is 3.97 Å². The molecule has 2 heterocycles. The van der Waals surface area contributed by atoms with Crippen molar-refractivity contribution in [3.05, 3.63) is 94.4 Å². The summed E-state index contributed by atoms with van der Waals surface area (Å²) in [6.45, 7) is 5.92. The van der Waals surface area contributed by atoms with Gasteiger partial charge in [0.15, 0.2) is 0 Å². The Bertz CT molecular complexity index is 1760. The lowest BCUT2D eigenvalue weighted by Gasteiger charge is -2.20. The minimum Gasteiger partial charge on any atom is -0.369 e. The smallest absolute Gasteiger partial charge is 0.268 e. The number of ether oxygens (including phenoxy) is 1. The van der Waals surface area contributed by atoms with Crippen LogP contribution in [0.5, 0.6) is 0 Å². The van der Waals surface area contributed by atoms with Crippen molar-refractivity contribution in [1.82, 2.24) is 13.9 Å². The molecule has 0 radical (unpaired) electrons. The van der Waals surface area contributed by atoms with E-state index in [0.29, 0.717) is 22.4 Å². The van der Waals surface area contributed by atoms with E-state index in [2.05, 4.69) is 18.0 Å². The number of imidazole rings is 1. The van der Waals surface area contributed by atoms with Crippen molar-refractivity contribution < 1.29 is 13.2 Å². The third-order valence-corrected chi connectivity index (χ3v) is 8.28. The van der Waals surface area contributed by atoms with E-state index >= 15 is 0 Å². The Labute approximate surface area is 210 Å². The van der Waals surface area contributed by atoms with Crippen LogP contribution in [0.2, 0.25) is 0 Å². The van der Waals surface area contributed by atoms with Gasteiger partial charge in [0.05, 0.1) is 33.1 Å². The van der Waals surface area contributed by atoms with Crippen molar-refractivity contribution in [2.75, 3.05) is 7.11 Å². The van der Waals surface area contributed by atoms with E-state index in [1.54, 1.807) is 49.7 Å². The SMILES string of the molecule is CCc1cc(C)c2c(ccn2S(=O)(=O)c2ccc(C)cc2)c1C(OC)c1nc2cc(C#N)ccc2[nH]1. The average molecular weight is 499 g/mol. The fourth-order valence-corrected chi connectivity index (χ4v) is 6.22. The number of nitriles is 1. The number of H-pyrrole nitrogens is 1. The second-order valence-corrected chi connectivity index (χ2v) is 10.7. The molecule has 0 amide bonds. The normalized spacial score (nSPS) is 12.8. The molecule has 182 valence electrons. The minimum atomic E-state index is -3.80. The summed E-state index contributed by atoms with van der Waals surface area (Å²) in [5, 5.41) is 10.0. The Kier molecular flexibility index (Phi) is 5.91. The molecule has 3 aromatic carbocycles. The number of rotatable bonds is 6. The molecule has 0 aliphatic carbocycles. The van der Waals surface area contributed by atoms with Crippen LogP contribution in [-0.2, 0) is 21.2 Å². The number of benzene rings is 3. The summed E-state index contributed by atoms with van der Waals surface area (Å²) in [6, 6.07) is 18.2. The third-order valence-electron chi connectivity index (χ3n) is 6.59. The largest absolute Gasteiger partial charge is 0.369 e. The molecular weight excluding hydrogens is 472 g/mol. The number of aromatic amines is 1. The Morgan fingerprint density at radius 2 is 1.86 bits per heavy atom. The highest BCUT2D eigenvalue weighted by molar-refractivity contribution is 7.90. The van der Waals surface area contributed by atoms with Crippen LogP contribution < -0.4 is 0 Å². The first-order chi connectivity index (χ1) is 17.3. The van der Waals surface area contributed by atoms with Gasteiger partial charge in [-0.15, -0.1) is 0 Å². The van der Waals surface area contributed by atoms with Crippen LogP contribution in [0, 0.1) is 25.2 Å². The predicted molar refractivity (Wildman–Crippen MR) is 139 cm³/mol. The molecule has 5 rings (SSSR count). The van der Waals surface area contributed by atoms with Crippen molar-refractivity contribution in [3.8, 4) is 6.07 Å². The number of hydrogen-bond acceptors (Lipinski definition) is 5. The van der Waals surface area contributed by atoms with Gasteiger partial charge in [-0.05, 0) is 67.8 Å². The predicted octanol–water partition coefficient (Wildman–Crippen LogP) is 5.54. The van der Waals surface area contributed by atoms with Gasteiger partial charge in [0.2, 0.25) is 0 Å². The first-order valence-electron chi connectivity index (χ1n) is 11.7. The first kappa shape index (κ1) is 23.8. The first-order valence-corrected chi connectivity index (χ1v) is 13.1. The number of nitrogens with one attached hydrogen (secondary N) is 1. The summed E-state index contributed by atoms with van der Waals surface area (Å²) in [7, 11) is -2.19. The lowest BCUT2D eigenvalue weighted by atomic mass is 9.93. The van der Waals surface area contributed by atoms with E-state index in [4.69, 9.17) is 9.72 Å². The Balaban J connectivity index is 1.73. The van der Waals surface area contributed by atoms with Gasteiger partial charge < -0.3 is 9.72 Å². The van der Waals surface area contributed by atoms with Gasteiger partial charge in [-0.1, -0.05) is 30.7 Å². The fraction of sp³-hybridized carbons (Fsp3) is 0.214. The zero-order valence-electron chi connectivity index (χ0n) is 20.5. The molecular formula is C28H26N4O3S. The summed E-state index contributed by atoms with van der Waals surface area (Å²) in [5.74, 6) is 0.594. The zero-order chi connectivity index (χ0) is 25.6. The molecule has 1 N–H and O–H groups in total. The highest BCUT2D eigenvalue weighted by Gasteiger charge is 2.27. The van der Waals surface area contributed by atoms with Gasteiger partial charge in [-0.25, -0.2) is 17.4 Å². The van der Waals surface area contributed by atoms with Crippen LogP contribution in [0.1, 0.15) is 46.7 Å². The average Bonchev–Trinajstić information content (AvgIpc) is 3.50. The number of nitrogens with zero attached hydrogens (tertiary/aromatic N) is 3. The summed E-state index contributed by atoms with van der Waals surface area (Å²) in [4.78, 5) is 8.29. The fourth-order valence-electron chi connectivity index (χ4n) is 4.81. The van der Waals surface area contributed by atoms with Crippen LogP contribution in [0.15, 0.2) is 65.7 Å². The molecule has 0 saturated heterocycles. The van der Waals surface area contributed by atoms with Gasteiger partial charge >= 0.3 is 0 Å². The van der Waals surface area contributed by atoms with E-state index in [0.717, 1.165) is 39.6 Å². The van der Waals surface area contributed by atoms with Gasteiger partial charge in [-0.2, -0.15) is 5.26 Å². The number of hydrogen-bond donors (Lipinski definition) is 1. The highest BCUT2D eigenvalue weighted by Crippen LogP contribution is 2.37. The quantitative estimate of drug-likeness (QED) is 0.331. The molecule has 0 fully saturated rings. The molecule has 0 aliphatic heterocycles. The van der Waals surface area contributed by atoms with Crippen LogP contribution in [-0.4, -0.2) is 29.5 Å². The summed E-state index contributed by atoms with van der Waals surface area (Å²) < 4.78 is 34.6. The lowest BCUT2D eigenvalue weighted by Crippen LogP contribution is -2.14. The van der Waals surface area contributed by atoms with Crippen molar-refractivity contribution in [1.29, 1.82) is 5.26 Å². The van der Waals surface area contributed by atoms with E-state index in [-0.39, 0.29) is 4.90 Å². The number of aromatic nitrogens is 3. The van der Waals surface area contributed by atoms with Gasteiger partial charge in [0, 0.05) is 24.3 Å². The third kappa shape index (κ3) is 3.77. The van der Waals surface area contributed by atoms with Crippen molar-refractivity contribution in [2.45, 2.75) is 38.2 Å². The maximum Gasteiger partial charge on any atom is 0.268 e. The molecule has 36 heavy (non-hydrogen) atoms. The number of aryl methyl sites for hydroxylation is 3. The van der Waals surface area contributed by atoms with E-state index < -0.39 is 16.1 Å². The van der Waals surface area contributed by atoms with Crippen molar-refractivity contribution >= 4 is 32.0 Å². The van der Waals surface area contributed by atoms with E-state index in [9.17, 15) is 13.7 Å². The van der Waals surface area contributed by atoms with E-state index in [1.807, 2.05) is 32.0 Å². The Morgan fingerprint density at radius 3 is 2.53 bits per heavy atom. The summed E-state index contributed by atoms with van der Waals surface area (Å²) in [6.07, 6.45) is 1.79. The maximum absolute atomic E-state index is 13.6. The molecule has 5 aromatic rings. The summed E-state index contributed by atoms with van der Waals surface area (Å²) in [5.41, 5.74) is 6.40. The number of fused-ring (bicyclic) bond motifs is 2. The molecule has 8 heteroatoms. The molecule has 7 nitrogen and oxygen atoms in total. The second-order valence-electron chi connectivity index (χ2n) is 8.89. The number of methoxy groups -OCH3 is 1. The van der Waals surface area contributed by atoms with Gasteiger partial charge in [0.25, 0.3) is 10.0 Å². The van der Waals surface area contributed by atoms with Gasteiger partial charge in [-0.3, -0.25) is 0 Å². The molecule has 0 bridgehead atoms. The Hall–Kier alpha value is -3.93. The Morgan fingerprint density at radius 1 is 1.11 bits per heavy atom. The van der Waals surface area contributed by atoms with Crippen LogP contribution in [0.3, 0.4) is 0 Å². The monoisotopic (exact) mass is 498 g/mol. The standard InChI is InChI=1S/C28H26N4O3S/c1-5-20-14-18(3)26-22(12-13-32(26)36(33,34)21-9-6-17(2)7-10-21)25(20)27(35-4)28-30-23-11-8-19(16-29)15-24(23)31-28/h6-15,27H,5H2,1-4H3,(H,30,31). The second kappa shape index (κ2) is 8.94. The topological polar surface area (TPSA) is 101 Å². The van der Waals surface area contributed by atoms with Crippen molar-refractivity contribution in [3.63, 3.8) is 0 Å². The minimum absolute atomic E-state index is 0.236. The molecule has 1 unspecified atom stereocenters. The van der Waals surface area contributed by atoms with Crippen molar-refractivity contribution in [2.24, 2.45) is 0 Å². The highest BCUT2D eigenvalue weighted by atomic mass is 32.2. The van der Waals surface area contributed by atoms with Crippen LogP contribution >= 0.6 is 0 Å². The molecule has 2 aromatic heterocycles. The van der Waals surface area contributed by atoms with Crippen LogP contribution in [0.4, 0.5) is 0 Å². The van der Waals surface area contributed by atoms with Gasteiger partial charge in [0.1, 0.15) is 11.9 Å². The molecule has 1 atom stereocenters. The lowest BCUT2D eigenvalue weighted by molar-refractivity contribution is 0.130. The summed E-state index contributed by atoms with van der Waals surface area (Å²) >= 11 is 0. The van der Waals surface area contributed by atoms with Crippen LogP contribution in [0.25, 0.3) is 21.9 Å². The molecule has 0 aliphatic rings.